The fourth-order valence-electron chi connectivity index (χ4n) is 4.11. The Morgan fingerprint density at radius 2 is 1.71 bits per heavy atom. The molecule has 152 valence electrons. The number of likely N-dealkylation sites (tertiary alicyclic amines) is 1. The average Bonchev–Trinajstić information content (AvgIpc) is 3.00. The quantitative estimate of drug-likeness (QED) is 0.645. The van der Waals surface area contributed by atoms with E-state index in [1.54, 1.807) is 14.2 Å². The van der Waals surface area contributed by atoms with Crippen LogP contribution in [0.4, 0.5) is 0 Å². The van der Waals surface area contributed by atoms with E-state index in [1.165, 1.54) is 24.8 Å². The van der Waals surface area contributed by atoms with E-state index < -0.39 is 0 Å². The van der Waals surface area contributed by atoms with E-state index in [9.17, 15) is 4.79 Å². The summed E-state index contributed by atoms with van der Waals surface area (Å²) in [6, 6.07) is 8.08. The fraction of sp³-hybridized carbons (Fsp3) is 0.522. The lowest BCUT2D eigenvalue weighted by atomic mass is 10.1. The fourth-order valence-corrected chi connectivity index (χ4v) is 4.11. The first-order valence-electron chi connectivity index (χ1n) is 10.2. The van der Waals surface area contributed by atoms with E-state index in [1.807, 2.05) is 12.1 Å². The lowest BCUT2D eigenvalue weighted by molar-refractivity contribution is 0.0915. The summed E-state index contributed by atoms with van der Waals surface area (Å²) in [6.07, 6.45) is 4.57. The van der Waals surface area contributed by atoms with Gasteiger partial charge in [-0.15, -0.1) is 0 Å². The van der Waals surface area contributed by atoms with Crippen molar-refractivity contribution in [2.45, 2.75) is 46.1 Å². The number of aryl methyl sites for hydroxylation is 2. The second kappa shape index (κ2) is 9.28. The third kappa shape index (κ3) is 4.58. The maximum absolute atomic E-state index is 12.8. The second-order valence-electron chi connectivity index (χ2n) is 7.64. The SMILES string of the molecule is COc1ccc(CCn2c(C)cc(C(=O)CN3CCCCC3)c2C)cc1OC. The molecular formula is C23H32N2O3. The number of nitrogens with zero attached hydrogens (tertiary/aromatic N) is 2. The zero-order chi connectivity index (χ0) is 20.1. The molecule has 3 rings (SSSR count). The number of hydrogen-bond donors (Lipinski definition) is 0. The van der Waals surface area contributed by atoms with Crippen molar-refractivity contribution in [3.05, 3.63) is 46.8 Å². The molecule has 1 aromatic heterocycles. The highest BCUT2D eigenvalue weighted by atomic mass is 16.5. The summed E-state index contributed by atoms with van der Waals surface area (Å²) in [5, 5.41) is 0. The Morgan fingerprint density at radius 3 is 2.39 bits per heavy atom. The zero-order valence-corrected chi connectivity index (χ0v) is 17.6. The Morgan fingerprint density at radius 1 is 1.00 bits per heavy atom. The molecule has 0 saturated carbocycles. The number of rotatable bonds is 8. The molecule has 0 unspecified atom stereocenters. The van der Waals surface area contributed by atoms with Crippen LogP contribution in [-0.4, -0.2) is 49.1 Å². The van der Waals surface area contributed by atoms with Gasteiger partial charge in [0.1, 0.15) is 0 Å². The zero-order valence-electron chi connectivity index (χ0n) is 17.6. The van der Waals surface area contributed by atoms with Gasteiger partial charge >= 0.3 is 0 Å². The average molecular weight is 385 g/mol. The molecule has 1 aromatic carbocycles. The maximum atomic E-state index is 12.8. The van der Waals surface area contributed by atoms with Crippen molar-refractivity contribution in [2.24, 2.45) is 0 Å². The number of ketones is 1. The summed E-state index contributed by atoms with van der Waals surface area (Å²) in [7, 11) is 3.30. The van der Waals surface area contributed by atoms with Gasteiger partial charge in [0.25, 0.3) is 0 Å². The van der Waals surface area contributed by atoms with Crippen molar-refractivity contribution in [3.63, 3.8) is 0 Å². The van der Waals surface area contributed by atoms with Crippen LogP contribution < -0.4 is 9.47 Å². The molecule has 0 radical (unpaired) electrons. The summed E-state index contributed by atoms with van der Waals surface area (Å²) < 4.78 is 13.0. The monoisotopic (exact) mass is 384 g/mol. The van der Waals surface area contributed by atoms with Crippen LogP contribution in [-0.2, 0) is 13.0 Å². The number of hydrogen-bond acceptors (Lipinski definition) is 4. The number of piperidine rings is 1. The van der Waals surface area contributed by atoms with Crippen LogP contribution in [0.3, 0.4) is 0 Å². The predicted octanol–water partition coefficient (Wildman–Crippen LogP) is 4.03. The maximum Gasteiger partial charge on any atom is 0.178 e. The van der Waals surface area contributed by atoms with Gasteiger partial charge in [-0.2, -0.15) is 0 Å². The first-order valence-corrected chi connectivity index (χ1v) is 10.2. The van der Waals surface area contributed by atoms with Gasteiger partial charge in [0.2, 0.25) is 0 Å². The van der Waals surface area contributed by atoms with Crippen LogP contribution >= 0.6 is 0 Å². The molecule has 28 heavy (non-hydrogen) atoms. The Kier molecular flexibility index (Phi) is 6.79. The molecule has 2 aromatic rings. The highest BCUT2D eigenvalue weighted by molar-refractivity contribution is 5.99. The van der Waals surface area contributed by atoms with Crippen LogP contribution in [0, 0.1) is 13.8 Å². The highest BCUT2D eigenvalue weighted by Gasteiger charge is 2.19. The van der Waals surface area contributed by atoms with Crippen molar-refractivity contribution < 1.29 is 14.3 Å². The third-order valence-corrected chi connectivity index (χ3v) is 5.76. The Hall–Kier alpha value is -2.27. The van der Waals surface area contributed by atoms with Gasteiger partial charge in [-0.1, -0.05) is 12.5 Å². The minimum absolute atomic E-state index is 0.243. The van der Waals surface area contributed by atoms with Crippen LogP contribution in [0.5, 0.6) is 11.5 Å². The van der Waals surface area contributed by atoms with Gasteiger partial charge in [0, 0.05) is 23.5 Å². The summed E-state index contributed by atoms with van der Waals surface area (Å²) >= 11 is 0. The third-order valence-electron chi connectivity index (χ3n) is 5.76. The number of benzene rings is 1. The molecule has 5 heteroatoms. The van der Waals surface area contributed by atoms with Gasteiger partial charge in [-0.05, 0) is 70.0 Å². The van der Waals surface area contributed by atoms with Gasteiger partial charge in [-0.25, -0.2) is 0 Å². The molecule has 1 fully saturated rings. The topological polar surface area (TPSA) is 43.7 Å². The standard InChI is InChI=1S/C23H32N2O3/c1-17-14-20(21(26)16-24-11-6-5-7-12-24)18(2)25(17)13-10-19-8-9-22(27-3)23(15-19)28-4/h8-9,14-15H,5-7,10-13,16H2,1-4H3. The van der Waals surface area contributed by atoms with Gasteiger partial charge in [-0.3, -0.25) is 9.69 Å². The number of methoxy groups -OCH3 is 2. The Balaban J connectivity index is 1.69. The molecular weight excluding hydrogens is 352 g/mol. The molecule has 0 aliphatic carbocycles. The van der Waals surface area contributed by atoms with Crippen molar-refractivity contribution in [2.75, 3.05) is 33.9 Å². The van der Waals surface area contributed by atoms with Crippen molar-refractivity contribution in [1.82, 2.24) is 9.47 Å². The van der Waals surface area contributed by atoms with Crippen LogP contribution in [0.2, 0.25) is 0 Å². The summed E-state index contributed by atoms with van der Waals surface area (Å²) in [5.41, 5.74) is 4.27. The first-order chi connectivity index (χ1) is 13.5. The molecule has 0 amide bonds. The lowest BCUT2D eigenvalue weighted by Gasteiger charge is -2.25. The van der Waals surface area contributed by atoms with E-state index in [0.717, 1.165) is 54.5 Å². The number of carbonyl (C=O) groups is 1. The second-order valence-corrected chi connectivity index (χ2v) is 7.64. The number of ether oxygens (including phenoxy) is 2. The number of carbonyl (C=O) groups excluding carboxylic acids is 1. The smallest absolute Gasteiger partial charge is 0.178 e. The van der Waals surface area contributed by atoms with Crippen LogP contribution in [0.25, 0.3) is 0 Å². The normalized spacial score (nSPS) is 14.9. The largest absolute Gasteiger partial charge is 0.493 e. The van der Waals surface area contributed by atoms with Crippen LogP contribution in [0.1, 0.15) is 46.6 Å². The first kappa shape index (κ1) is 20.5. The highest BCUT2D eigenvalue weighted by Crippen LogP contribution is 2.28. The Bertz CT molecular complexity index is 819. The lowest BCUT2D eigenvalue weighted by Crippen LogP contribution is -2.34. The molecule has 0 spiro atoms. The van der Waals surface area contributed by atoms with E-state index in [0.29, 0.717) is 6.54 Å². The van der Waals surface area contributed by atoms with Gasteiger partial charge < -0.3 is 14.0 Å². The molecule has 0 N–H and O–H groups in total. The minimum atomic E-state index is 0.243. The van der Waals surface area contributed by atoms with Gasteiger partial charge in [0.05, 0.1) is 20.8 Å². The molecule has 2 heterocycles. The van der Waals surface area contributed by atoms with Crippen molar-refractivity contribution >= 4 is 5.78 Å². The van der Waals surface area contributed by atoms with Crippen molar-refractivity contribution in [3.8, 4) is 11.5 Å². The van der Waals surface area contributed by atoms with E-state index in [2.05, 4.69) is 35.4 Å². The van der Waals surface area contributed by atoms with Crippen LogP contribution in [0.15, 0.2) is 24.3 Å². The molecule has 5 nitrogen and oxygen atoms in total. The van der Waals surface area contributed by atoms with Crippen molar-refractivity contribution in [1.29, 1.82) is 0 Å². The molecule has 0 atom stereocenters. The number of Topliss-reactive ketones (excluding diaryl/α,β-unsaturated/α-hetero) is 1. The molecule has 1 saturated heterocycles. The summed E-state index contributed by atoms with van der Waals surface area (Å²) in [4.78, 5) is 15.1. The van der Waals surface area contributed by atoms with E-state index in [4.69, 9.17) is 9.47 Å². The molecule has 1 aliphatic heterocycles. The number of aromatic nitrogens is 1. The van der Waals surface area contributed by atoms with E-state index in [-0.39, 0.29) is 5.78 Å². The minimum Gasteiger partial charge on any atom is -0.493 e. The van der Waals surface area contributed by atoms with Gasteiger partial charge in [0.15, 0.2) is 17.3 Å². The predicted molar refractivity (Wildman–Crippen MR) is 112 cm³/mol. The molecule has 0 bridgehead atoms. The molecule has 1 aliphatic rings. The summed E-state index contributed by atoms with van der Waals surface area (Å²) in [5.74, 6) is 1.73. The summed E-state index contributed by atoms with van der Waals surface area (Å²) in [6.45, 7) is 7.61. The Labute approximate surface area is 168 Å². The van der Waals surface area contributed by atoms with E-state index >= 15 is 0 Å².